The first-order chi connectivity index (χ1) is 30.6. The van der Waals surface area contributed by atoms with Crippen LogP contribution in [-0.4, -0.2) is 127 Å². The van der Waals surface area contributed by atoms with Crippen LogP contribution in [0.4, 0.5) is 8.78 Å². The largest absolute Gasteiger partial charge is 0.390 e. The summed E-state index contributed by atoms with van der Waals surface area (Å²) in [7, 11) is 0. The monoisotopic (exact) mass is 927 g/mol. The van der Waals surface area contributed by atoms with Crippen molar-refractivity contribution in [2.24, 2.45) is 22.7 Å². The minimum Gasteiger partial charge on any atom is -0.390 e. The number of hydrogen-bond acceptors (Lipinski definition) is 13. The summed E-state index contributed by atoms with van der Waals surface area (Å²) in [5.41, 5.74) is -5.32. The predicted octanol–water partition coefficient (Wildman–Crippen LogP) is 5.90. The maximum absolute atomic E-state index is 17.7. The fourth-order valence-corrected chi connectivity index (χ4v) is 12.0. The lowest BCUT2D eigenvalue weighted by atomic mass is 9.44. The number of carbonyl (C=O) groups excluding carboxylic acids is 4. The van der Waals surface area contributed by atoms with E-state index in [0.717, 1.165) is 21.4 Å². The van der Waals surface area contributed by atoms with Crippen LogP contribution in [0.2, 0.25) is 0 Å². The number of amides is 1. The van der Waals surface area contributed by atoms with Crippen LogP contribution in [-0.2, 0) is 49.3 Å². The number of thioether (sulfide) groups is 1. The Balaban J connectivity index is 0.890. The van der Waals surface area contributed by atoms with Gasteiger partial charge in [0, 0.05) is 51.5 Å². The second-order valence-corrected chi connectivity index (χ2v) is 20.1. The molecular formula is C48H59F2NO11S2. The van der Waals surface area contributed by atoms with E-state index in [1.165, 1.54) is 42.6 Å². The zero-order chi connectivity index (χ0) is 45.9. The van der Waals surface area contributed by atoms with E-state index in [2.05, 4.69) is 5.32 Å². The van der Waals surface area contributed by atoms with Gasteiger partial charge < -0.3 is 39.2 Å². The highest BCUT2D eigenvalue weighted by molar-refractivity contribution is 8.00. The summed E-state index contributed by atoms with van der Waals surface area (Å²) in [4.78, 5) is 52.5. The van der Waals surface area contributed by atoms with Gasteiger partial charge in [-0.1, -0.05) is 49.0 Å². The lowest BCUT2D eigenvalue weighted by molar-refractivity contribution is -0.235. The molecule has 4 aliphatic carbocycles. The molecule has 1 saturated heterocycles. The Kier molecular flexibility index (Phi) is 15.4. The van der Waals surface area contributed by atoms with Gasteiger partial charge in [-0.05, 0) is 92.8 Å². The van der Waals surface area contributed by atoms with Crippen molar-refractivity contribution in [3.63, 3.8) is 0 Å². The summed E-state index contributed by atoms with van der Waals surface area (Å²) < 4.78 is 63.3. The third-order valence-corrected chi connectivity index (χ3v) is 16.1. The van der Waals surface area contributed by atoms with Crippen molar-refractivity contribution in [1.82, 2.24) is 5.32 Å². The minimum atomic E-state index is -2.33. The van der Waals surface area contributed by atoms with Gasteiger partial charge in [-0.25, -0.2) is 8.78 Å². The van der Waals surface area contributed by atoms with Gasteiger partial charge in [-0.2, -0.15) is 11.8 Å². The van der Waals surface area contributed by atoms with E-state index in [4.69, 9.17) is 23.7 Å². The first-order valence-corrected chi connectivity index (χ1v) is 24.1. The van der Waals surface area contributed by atoms with Gasteiger partial charge in [0.25, 0.3) is 0 Å². The summed E-state index contributed by atoms with van der Waals surface area (Å²) in [6.07, 6.45) is 0.701. The first kappa shape index (κ1) is 48.6. The Hall–Kier alpha value is -3.32. The van der Waals surface area contributed by atoms with Crippen LogP contribution in [0.25, 0.3) is 0 Å². The smallest absolute Gasteiger partial charge is 0.232 e. The van der Waals surface area contributed by atoms with E-state index in [9.17, 15) is 29.4 Å². The first-order valence-electron chi connectivity index (χ1n) is 22.0. The number of carbonyl (C=O) groups is 4. The summed E-state index contributed by atoms with van der Waals surface area (Å²) in [6.45, 7) is 6.98. The lowest BCUT2D eigenvalue weighted by Gasteiger charge is -2.63. The van der Waals surface area contributed by atoms with Crippen LogP contribution in [0.3, 0.4) is 0 Å². The highest BCUT2D eigenvalue weighted by Gasteiger charge is 2.80. The average molecular weight is 928 g/mol. The molecule has 1 aliphatic heterocycles. The Morgan fingerprint density at radius 2 is 1.67 bits per heavy atom. The Morgan fingerprint density at radius 3 is 2.38 bits per heavy atom. The van der Waals surface area contributed by atoms with Crippen LogP contribution >= 0.6 is 23.5 Å². The molecule has 0 radical (unpaired) electrons. The number of allylic oxidation sites excluding steroid dienone is 4. The van der Waals surface area contributed by atoms with E-state index in [-0.39, 0.29) is 61.2 Å². The molecule has 1 heterocycles. The number of alkyl halides is 2. The maximum atomic E-state index is 17.7. The van der Waals surface area contributed by atoms with Gasteiger partial charge >= 0.3 is 0 Å². The molecule has 1 amide bonds. The zero-order valence-electron chi connectivity index (χ0n) is 36.7. The number of ketones is 3. The molecule has 2 aromatic carbocycles. The van der Waals surface area contributed by atoms with Gasteiger partial charge in [-0.3, -0.25) is 19.2 Å². The molecule has 0 bridgehead atoms. The summed E-state index contributed by atoms with van der Waals surface area (Å²) >= 11 is 3.00. The molecule has 4 fully saturated rings. The molecule has 7 rings (SSSR count). The number of rotatable bonds is 21. The van der Waals surface area contributed by atoms with Crippen molar-refractivity contribution in [2.75, 3.05) is 59.0 Å². The summed E-state index contributed by atoms with van der Waals surface area (Å²) in [5.74, 6) is -2.69. The van der Waals surface area contributed by atoms with Crippen LogP contribution in [0.15, 0.2) is 82.1 Å². The van der Waals surface area contributed by atoms with Crippen LogP contribution in [0.5, 0.6) is 0 Å². The van der Waals surface area contributed by atoms with Crippen LogP contribution in [0.1, 0.15) is 63.9 Å². The number of fused-ring (bicyclic) bond motifs is 7. The van der Waals surface area contributed by atoms with Crippen molar-refractivity contribution in [1.29, 1.82) is 0 Å². The van der Waals surface area contributed by atoms with Crippen LogP contribution in [0, 0.1) is 22.7 Å². The molecule has 11 atom stereocenters. The molecule has 348 valence electrons. The van der Waals surface area contributed by atoms with Crippen molar-refractivity contribution in [3.05, 3.63) is 83.5 Å². The number of Topliss-reactive ketones (excluding diaryl/α,β-unsaturated/α-hetero) is 2. The van der Waals surface area contributed by atoms with Gasteiger partial charge in [0.05, 0.1) is 57.1 Å². The molecule has 1 unspecified atom stereocenters. The number of hydrogen-bond donors (Lipinski definition) is 3. The van der Waals surface area contributed by atoms with Crippen LogP contribution < -0.4 is 5.32 Å². The third kappa shape index (κ3) is 9.20. The Bertz CT molecular complexity index is 2110. The summed E-state index contributed by atoms with van der Waals surface area (Å²) in [6, 6.07) is 15.2. The zero-order valence-corrected chi connectivity index (χ0v) is 38.4. The standard InChI is InChI=1S/C48H59F2NO11S2/c1-29(63-4)43(57)51-15-17-59-19-21-60-20-18-58-16-13-33(54)22-30-6-5-7-35(23-30)64-34-10-8-31(9-11-34)44-61-42-26-36-37-25-39(49)38-24-32(53)12-14-45(38,2)47(37,50)40(55)27-46(36,3)48(42,62-44)41(56)28-52/h5-12,14,23-24,29,36-37,39-40,42,44,52,55H,13,15-22,25-28H2,1-4H3,(H,51,57)/t29?,36-,37-,39-,40-,42+,44+,45-,46-,47-,48+/m0/s1. The second kappa shape index (κ2) is 20.3. The second-order valence-electron chi connectivity index (χ2n) is 17.8. The van der Waals surface area contributed by atoms with Crippen molar-refractivity contribution >= 4 is 46.8 Å². The molecule has 3 N–H and O–H groups in total. The van der Waals surface area contributed by atoms with Crippen molar-refractivity contribution in [2.45, 2.75) is 104 Å². The SMILES string of the molecule is CSC(C)C(=O)NCCOCCOCCOCCC(=O)Cc1cccc(Sc2ccc([C@@H]3O[C@@H]4C[C@H]5[C@@H]6C[C@H](F)C7=CC(=O)C=C[C@]7(C)[C@@]6(F)[C@@H](O)C[C@]5(C)[C@]4(C(=O)CO)O3)cc2)c1. The fraction of sp³-hybridized carbons (Fsp3) is 0.583. The average Bonchev–Trinajstić information content (AvgIpc) is 3.78. The fourth-order valence-electron chi connectivity index (χ4n) is 10.8. The van der Waals surface area contributed by atoms with E-state index >= 15 is 8.78 Å². The molecule has 0 spiro atoms. The molecule has 3 saturated carbocycles. The molecule has 0 aromatic heterocycles. The number of aliphatic hydroxyl groups excluding tert-OH is 2. The summed E-state index contributed by atoms with van der Waals surface area (Å²) in [5, 5.41) is 24.8. The van der Waals surface area contributed by atoms with E-state index in [0.29, 0.717) is 45.1 Å². The van der Waals surface area contributed by atoms with Gasteiger partial charge in [0.15, 0.2) is 29.1 Å². The van der Waals surface area contributed by atoms with E-state index in [1.54, 1.807) is 6.92 Å². The highest BCUT2D eigenvalue weighted by atomic mass is 32.2. The Labute approximate surface area is 381 Å². The number of benzene rings is 2. The van der Waals surface area contributed by atoms with Crippen molar-refractivity contribution < 1.29 is 61.9 Å². The topological polar surface area (TPSA) is 167 Å². The lowest BCUT2D eigenvalue weighted by Crippen LogP contribution is -2.70. The van der Waals surface area contributed by atoms with Gasteiger partial charge in [-0.15, -0.1) is 0 Å². The minimum absolute atomic E-state index is 0.00882. The molecule has 2 aromatic rings. The number of halogens is 2. The highest BCUT2D eigenvalue weighted by Crippen LogP contribution is 2.72. The molecule has 5 aliphatic rings. The molecular weight excluding hydrogens is 869 g/mol. The Morgan fingerprint density at radius 1 is 0.969 bits per heavy atom. The molecule has 16 heteroatoms. The van der Waals surface area contributed by atoms with Crippen molar-refractivity contribution in [3.8, 4) is 0 Å². The quantitative estimate of drug-likeness (QED) is 0.127. The molecule has 12 nitrogen and oxygen atoms in total. The predicted molar refractivity (Wildman–Crippen MR) is 236 cm³/mol. The maximum Gasteiger partial charge on any atom is 0.232 e. The van der Waals surface area contributed by atoms with E-state index in [1.807, 2.05) is 61.7 Å². The van der Waals surface area contributed by atoms with Gasteiger partial charge in [0.2, 0.25) is 5.91 Å². The van der Waals surface area contributed by atoms with Gasteiger partial charge in [0.1, 0.15) is 18.6 Å². The number of aliphatic hydroxyl groups is 2. The number of ether oxygens (including phenoxy) is 5. The number of nitrogens with one attached hydrogen (secondary N) is 1. The van der Waals surface area contributed by atoms with E-state index < -0.39 is 76.8 Å². The molecule has 64 heavy (non-hydrogen) atoms. The third-order valence-electron chi connectivity index (χ3n) is 14.2. The normalized spacial score (nSPS) is 33.1.